The Balaban J connectivity index is 1.78. The summed E-state index contributed by atoms with van der Waals surface area (Å²) in [6.07, 6.45) is 4.22. The molecule has 2 heterocycles. The summed E-state index contributed by atoms with van der Waals surface area (Å²) in [6, 6.07) is 12.7. The van der Waals surface area contributed by atoms with E-state index in [0.717, 1.165) is 37.8 Å². The average molecular weight is 282 g/mol. The van der Waals surface area contributed by atoms with Crippen molar-refractivity contribution in [3.05, 3.63) is 48.3 Å². The lowest BCUT2D eigenvalue weighted by molar-refractivity contribution is 0.806. The molecule has 1 fully saturated rings. The fraction of sp³-hybridized carbons (Fsp3) is 0.412. The predicted molar refractivity (Wildman–Crippen MR) is 86.6 cm³/mol. The number of anilines is 2. The molecule has 2 aromatic rings. The summed E-state index contributed by atoms with van der Waals surface area (Å²) in [4.78, 5) is 13.5. The van der Waals surface area contributed by atoms with Gasteiger partial charge in [0.1, 0.15) is 18.0 Å². The highest BCUT2D eigenvalue weighted by atomic mass is 15.2. The summed E-state index contributed by atoms with van der Waals surface area (Å²) >= 11 is 0. The van der Waals surface area contributed by atoms with Gasteiger partial charge in [-0.3, -0.25) is 0 Å². The SMILES string of the molecule is CCN(Cc1ccccc1)c1cc(N2CCCC2)ncn1. The van der Waals surface area contributed by atoms with Gasteiger partial charge in [-0.2, -0.15) is 0 Å². The van der Waals surface area contributed by atoms with Gasteiger partial charge in [0, 0.05) is 32.2 Å². The maximum absolute atomic E-state index is 4.47. The fourth-order valence-electron chi connectivity index (χ4n) is 2.79. The summed E-state index contributed by atoms with van der Waals surface area (Å²) in [5.74, 6) is 2.07. The van der Waals surface area contributed by atoms with Crippen LogP contribution in [0.2, 0.25) is 0 Å². The van der Waals surface area contributed by atoms with Crippen LogP contribution in [-0.2, 0) is 6.54 Å². The molecular formula is C17H22N4. The first-order chi connectivity index (χ1) is 10.4. The first-order valence-corrected chi connectivity index (χ1v) is 7.72. The molecule has 1 aromatic carbocycles. The van der Waals surface area contributed by atoms with Gasteiger partial charge in [0.15, 0.2) is 0 Å². The molecule has 0 bridgehead atoms. The lowest BCUT2D eigenvalue weighted by atomic mass is 10.2. The van der Waals surface area contributed by atoms with E-state index in [1.54, 1.807) is 6.33 Å². The molecule has 1 aliphatic heterocycles. The van der Waals surface area contributed by atoms with Crippen molar-refractivity contribution >= 4 is 11.6 Å². The van der Waals surface area contributed by atoms with Crippen LogP contribution >= 0.6 is 0 Å². The third-order valence-electron chi connectivity index (χ3n) is 3.99. The number of benzene rings is 1. The normalized spacial score (nSPS) is 14.4. The highest BCUT2D eigenvalue weighted by molar-refractivity contribution is 5.50. The largest absolute Gasteiger partial charge is 0.356 e. The Morgan fingerprint density at radius 2 is 1.86 bits per heavy atom. The van der Waals surface area contributed by atoms with Gasteiger partial charge in [-0.1, -0.05) is 30.3 Å². The van der Waals surface area contributed by atoms with E-state index in [2.05, 4.69) is 63.1 Å². The smallest absolute Gasteiger partial charge is 0.134 e. The number of nitrogens with zero attached hydrogens (tertiary/aromatic N) is 4. The van der Waals surface area contributed by atoms with Gasteiger partial charge in [-0.05, 0) is 25.3 Å². The van der Waals surface area contributed by atoms with Crippen molar-refractivity contribution < 1.29 is 0 Å². The van der Waals surface area contributed by atoms with Crippen molar-refractivity contribution in [1.29, 1.82) is 0 Å². The van der Waals surface area contributed by atoms with E-state index >= 15 is 0 Å². The molecule has 1 saturated heterocycles. The summed E-state index contributed by atoms with van der Waals surface area (Å²) in [7, 11) is 0. The minimum atomic E-state index is 0.883. The van der Waals surface area contributed by atoms with Gasteiger partial charge in [0.25, 0.3) is 0 Å². The molecule has 0 spiro atoms. The van der Waals surface area contributed by atoms with Gasteiger partial charge in [0.2, 0.25) is 0 Å². The predicted octanol–water partition coefficient (Wildman–Crippen LogP) is 3.10. The van der Waals surface area contributed by atoms with Crippen LogP contribution in [0.3, 0.4) is 0 Å². The lowest BCUT2D eigenvalue weighted by Crippen LogP contribution is -2.24. The highest BCUT2D eigenvalue weighted by Gasteiger charge is 2.15. The van der Waals surface area contributed by atoms with Gasteiger partial charge in [-0.25, -0.2) is 9.97 Å². The Morgan fingerprint density at radius 3 is 2.57 bits per heavy atom. The van der Waals surface area contributed by atoms with Crippen LogP contribution in [0.4, 0.5) is 11.6 Å². The number of aromatic nitrogens is 2. The molecule has 4 heteroatoms. The van der Waals surface area contributed by atoms with E-state index in [9.17, 15) is 0 Å². The van der Waals surface area contributed by atoms with Gasteiger partial charge in [0.05, 0.1) is 0 Å². The van der Waals surface area contributed by atoms with Crippen LogP contribution in [-0.4, -0.2) is 29.6 Å². The first-order valence-electron chi connectivity index (χ1n) is 7.72. The quantitative estimate of drug-likeness (QED) is 0.843. The Labute approximate surface area is 126 Å². The lowest BCUT2D eigenvalue weighted by Gasteiger charge is -2.24. The summed E-state index contributed by atoms with van der Waals surface area (Å²) in [6.45, 7) is 6.21. The molecule has 0 atom stereocenters. The van der Waals surface area contributed by atoms with Crippen molar-refractivity contribution in [2.75, 3.05) is 29.4 Å². The second-order valence-electron chi connectivity index (χ2n) is 5.43. The standard InChI is InChI=1S/C17H22N4/c1-2-20(13-15-8-4-3-5-9-15)16-12-17(19-14-18-16)21-10-6-7-11-21/h3-5,8-9,12,14H,2,6-7,10-11,13H2,1H3. The van der Waals surface area contributed by atoms with Gasteiger partial charge < -0.3 is 9.80 Å². The van der Waals surface area contributed by atoms with E-state index in [1.807, 2.05) is 0 Å². The van der Waals surface area contributed by atoms with E-state index in [4.69, 9.17) is 0 Å². The van der Waals surface area contributed by atoms with Crippen LogP contribution in [0.1, 0.15) is 25.3 Å². The third kappa shape index (κ3) is 3.32. The minimum absolute atomic E-state index is 0.883. The van der Waals surface area contributed by atoms with Crippen molar-refractivity contribution in [1.82, 2.24) is 9.97 Å². The Kier molecular flexibility index (Phi) is 4.34. The van der Waals surface area contributed by atoms with Crippen LogP contribution in [0.25, 0.3) is 0 Å². The molecular weight excluding hydrogens is 260 g/mol. The van der Waals surface area contributed by atoms with Crippen LogP contribution < -0.4 is 9.80 Å². The van der Waals surface area contributed by atoms with E-state index < -0.39 is 0 Å². The Morgan fingerprint density at radius 1 is 1.10 bits per heavy atom. The maximum atomic E-state index is 4.47. The van der Waals surface area contributed by atoms with E-state index in [0.29, 0.717) is 0 Å². The maximum Gasteiger partial charge on any atom is 0.134 e. The topological polar surface area (TPSA) is 32.3 Å². The molecule has 21 heavy (non-hydrogen) atoms. The molecule has 110 valence electrons. The Bertz CT molecular complexity index is 564. The molecule has 0 amide bonds. The number of rotatable bonds is 5. The molecule has 4 nitrogen and oxygen atoms in total. The molecule has 0 N–H and O–H groups in total. The van der Waals surface area contributed by atoms with Crippen molar-refractivity contribution in [2.24, 2.45) is 0 Å². The molecule has 3 rings (SSSR count). The molecule has 0 saturated carbocycles. The van der Waals surface area contributed by atoms with Crippen molar-refractivity contribution in [3.63, 3.8) is 0 Å². The first kappa shape index (κ1) is 13.9. The number of hydrogen-bond donors (Lipinski definition) is 0. The zero-order chi connectivity index (χ0) is 14.5. The third-order valence-corrected chi connectivity index (χ3v) is 3.99. The zero-order valence-corrected chi connectivity index (χ0v) is 12.6. The van der Waals surface area contributed by atoms with E-state index in [-0.39, 0.29) is 0 Å². The minimum Gasteiger partial charge on any atom is -0.356 e. The molecule has 1 aliphatic rings. The zero-order valence-electron chi connectivity index (χ0n) is 12.6. The number of hydrogen-bond acceptors (Lipinski definition) is 4. The fourth-order valence-corrected chi connectivity index (χ4v) is 2.79. The van der Waals surface area contributed by atoms with Gasteiger partial charge in [-0.15, -0.1) is 0 Å². The van der Waals surface area contributed by atoms with Crippen molar-refractivity contribution in [3.8, 4) is 0 Å². The van der Waals surface area contributed by atoms with Crippen LogP contribution in [0.5, 0.6) is 0 Å². The average Bonchev–Trinajstić information content (AvgIpc) is 3.08. The van der Waals surface area contributed by atoms with Gasteiger partial charge >= 0.3 is 0 Å². The van der Waals surface area contributed by atoms with E-state index in [1.165, 1.54) is 18.4 Å². The summed E-state index contributed by atoms with van der Waals surface area (Å²) < 4.78 is 0. The molecule has 1 aromatic heterocycles. The highest BCUT2D eigenvalue weighted by Crippen LogP contribution is 2.22. The van der Waals surface area contributed by atoms with Crippen molar-refractivity contribution in [2.45, 2.75) is 26.3 Å². The Hall–Kier alpha value is -2.10. The molecule has 0 radical (unpaired) electrons. The molecule has 0 aliphatic carbocycles. The summed E-state index contributed by atoms with van der Waals surface area (Å²) in [5, 5.41) is 0. The monoisotopic (exact) mass is 282 g/mol. The second kappa shape index (κ2) is 6.57. The summed E-state index contributed by atoms with van der Waals surface area (Å²) in [5.41, 5.74) is 1.31. The molecule has 0 unspecified atom stereocenters. The van der Waals surface area contributed by atoms with Crippen LogP contribution in [0, 0.1) is 0 Å². The second-order valence-corrected chi connectivity index (χ2v) is 5.43. The van der Waals surface area contributed by atoms with Crippen LogP contribution in [0.15, 0.2) is 42.7 Å².